The highest BCUT2D eigenvalue weighted by molar-refractivity contribution is 7.89. The van der Waals surface area contributed by atoms with Crippen LogP contribution in [0.15, 0.2) is 0 Å². The van der Waals surface area contributed by atoms with Crippen LogP contribution in [0.4, 0.5) is 0 Å². The number of hydrogen-bond acceptors (Lipinski definition) is 4. The van der Waals surface area contributed by atoms with Gasteiger partial charge in [0.2, 0.25) is 10.0 Å². The predicted octanol–water partition coefficient (Wildman–Crippen LogP) is 0.343. The van der Waals surface area contributed by atoms with Crippen LogP contribution in [0.1, 0.15) is 25.7 Å². The molecule has 0 radical (unpaired) electrons. The summed E-state index contributed by atoms with van der Waals surface area (Å²) in [6, 6.07) is 0. The molecule has 3 aliphatic rings. The highest BCUT2D eigenvalue weighted by Crippen LogP contribution is 2.34. The first-order valence-electron chi connectivity index (χ1n) is 8.04. The molecule has 6 heteroatoms. The molecule has 1 aliphatic heterocycles. The first-order valence-corrected chi connectivity index (χ1v) is 9.65. The molecule has 116 valence electrons. The molecule has 2 aliphatic carbocycles. The fraction of sp³-hybridized carbons (Fsp3) is 1.00. The van der Waals surface area contributed by atoms with E-state index < -0.39 is 10.0 Å². The van der Waals surface area contributed by atoms with E-state index in [1.54, 1.807) is 0 Å². The highest BCUT2D eigenvalue weighted by atomic mass is 32.2. The van der Waals surface area contributed by atoms with E-state index in [1.807, 2.05) is 4.31 Å². The number of sulfonamides is 1. The maximum Gasteiger partial charge on any atom is 0.215 e. The van der Waals surface area contributed by atoms with Crippen molar-refractivity contribution in [1.29, 1.82) is 0 Å². The molecule has 0 atom stereocenters. The smallest absolute Gasteiger partial charge is 0.215 e. The van der Waals surface area contributed by atoms with Gasteiger partial charge in [0, 0.05) is 45.8 Å². The molecular weight excluding hydrogens is 274 g/mol. The van der Waals surface area contributed by atoms with Gasteiger partial charge in [-0.25, -0.2) is 12.7 Å². The van der Waals surface area contributed by atoms with Crippen molar-refractivity contribution in [1.82, 2.24) is 14.5 Å². The van der Waals surface area contributed by atoms with Crippen LogP contribution < -0.4 is 5.32 Å². The lowest BCUT2D eigenvalue weighted by Crippen LogP contribution is -2.46. The van der Waals surface area contributed by atoms with E-state index in [9.17, 15) is 8.42 Å². The summed E-state index contributed by atoms with van der Waals surface area (Å²) in [6.07, 6.45) is 4.87. The largest absolute Gasteiger partial charge is 0.314 e. The van der Waals surface area contributed by atoms with Gasteiger partial charge in [-0.1, -0.05) is 0 Å². The van der Waals surface area contributed by atoms with Crippen LogP contribution in [-0.2, 0) is 10.0 Å². The number of nitrogens with zero attached hydrogens (tertiary/aromatic N) is 2. The van der Waals surface area contributed by atoms with E-state index >= 15 is 0 Å². The van der Waals surface area contributed by atoms with E-state index in [4.69, 9.17) is 0 Å². The lowest BCUT2D eigenvalue weighted by Gasteiger charge is -2.28. The third-order valence-electron chi connectivity index (χ3n) is 4.59. The summed E-state index contributed by atoms with van der Waals surface area (Å²) in [6.45, 7) is 6.15. The molecule has 0 aromatic rings. The molecule has 3 rings (SSSR count). The van der Waals surface area contributed by atoms with E-state index in [-0.39, 0.29) is 0 Å². The van der Waals surface area contributed by atoms with E-state index in [0.717, 1.165) is 39.3 Å². The van der Waals surface area contributed by atoms with Crippen LogP contribution in [-0.4, -0.2) is 69.2 Å². The number of hydrogen-bond donors (Lipinski definition) is 1. The Morgan fingerprint density at radius 3 is 2.05 bits per heavy atom. The van der Waals surface area contributed by atoms with Crippen molar-refractivity contribution in [2.24, 2.45) is 11.8 Å². The molecule has 0 aromatic carbocycles. The van der Waals surface area contributed by atoms with Crippen LogP contribution in [0.25, 0.3) is 0 Å². The van der Waals surface area contributed by atoms with E-state index in [1.165, 1.54) is 25.7 Å². The summed E-state index contributed by atoms with van der Waals surface area (Å²) in [5.41, 5.74) is 0. The molecule has 5 nitrogen and oxygen atoms in total. The Morgan fingerprint density at radius 1 is 1.00 bits per heavy atom. The topological polar surface area (TPSA) is 52.7 Å². The second-order valence-corrected chi connectivity index (χ2v) is 8.70. The highest BCUT2D eigenvalue weighted by Gasteiger charge is 2.34. The van der Waals surface area contributed by atoms with Gasteiger partial charge in [-0.05, 0) is 37.5 Å². The Hall–Kier alpha value is -0.170. The first-order chi connectivity index (χ1) is 9.63. The average Bonchev–Trinajstić information content (AvgIpc) is 3.32. The van der Waals surface area contributed by atoms with E-state index in [2.05, 4.69) is 10.2 Å². The van der Waals surface area contributed by atoms with Gasteiger partial charge >= 0.3 is 0 Å². The molecule has 0 unspecified atom stereocenters. The minimum Gasteiger partial charge on any atom is -0.314 e. The Labute approximate surface area is 122 Å². The molecule has 2 saturated carbocycles. The van der Waals surface area contributed by atoms with Crippen molar-refractivity contribution >= 4 is 10.0 Å². The zero-order valence-electron chi connectivity index (χ0n) is 12.3. The third-order valence-corrected chi connectivity index (χ3v) is 6.37. The molecule has 1 heterocycles. The standard InChI is InChI=1S/C14H27N3O2S/c18-20(19,10-9-16-7-5-15-6-8-16)17(11-13-1-2-13)12-14-3-4-14/h13-15H,1-12H2. The average molecular weight is 301 g/mol. The molecule has 3 fully saturated rings. The number of rotatable bonds is 8. The monoisotopic (exact) mass is 301 g/mol. The molecule has 0 bridgehead atoms. The van der Waals surface area contributed by atoms with Crippen molar-refractivity contribution in [3.63, 3.8) is 0 Å². The Kier molecular flexibility index (Phi) is 4.65. The summed E-state index contributed by atoms with van der Waals surface area (Å²) in [7, 11) is -3.06. The number of piperazine rings is 1. The van der Waals surface area contributed by atoms with Crippen LogP contribution in [0.3, 0.4) is 0 Å². The van der Waals surface area contributed by atoms with Crippen molar-refractivity contribution in [2.45, 2.75) is 25.7 Å². The summed E-state index contributed by atoms with van der Waals surface area (Å²) < 4.78 is 27.0. The SMILES string of the molecule is O=S(=O)(CCN1CCNCC1)N(CC1CC1)CC1CC1. The van der Waals surface area contributed by atoms with Crippen molar-refractivity contribution in [2.75, 3.05) is 51.6 Å². The third kappa shape index (κ3) is 4.41. The van der Waals surface area contributed by atoms with Gasteiger partial charge < -0.3 is 5.32 Å². The molecular formula is C14H27N3O2S. The molecule has 0 spiro atoms. The van der Waals surface area contributed by atoms with Crippen LogP contribution in [0.2, 0.25) is 0 Å². The Morgan fingerprint density at radius 2 is 1.55 bits per heavy atom. The van der Waals surface area contributed by atoms with E-state index in [0.29, 0.717) is 24.1 Å². The van der Waals surface area contributed by atoms with Crippen LogP contribution in [0, 0.1) is 11.8 Å². The maximum absolute atomic E-state index is 12.6. The van der Waals surface area contributed by atoms with Gasteiger partial charge in [-0.2, -0.15) is 0 Å². The second kappa shape index (κ2) is 6.30. The molecule has 1 N–H and O–H groups in total. The minimum absolute atomic E-state index is 0.298. The van der Waals surface area contributed by atoms with Crippen LogP contribution in [0.5, 0.6) is 0 Å². The van der Waals surface area contributed by atoms with Crippen molar-refractivity contribution in [3.05, 3.63) is 0 Å². The Balaban J connectivity index is 1.52. The zero-order valence-corrected chi connectivity index (χ0v) is 13.1. The maximum atomic E-state index is 12.6. The summed E-state index contributed by atoms with van der Waals surface area (Å²) >= 11 is 0. The second-order valence-electron chi connectivity index (χ2n) is 6.61. The summed E-state index contributed by atoms with van der Waals surface area (Å²) in [4.78, 5) is 2.26. The summed E-state index contributed by atoms with van der Waals surface area (Å²) in [5, 5.41) is 3.30. The minimum atomic E-state index is -3.06. The van der Waals surface area contributed by atoms with Gasteiger partial charge in [0.15, 0.2) is 0 Å². The van der Waals surface area contributed by atoms with Gasteiger partial charge in [0.1, 0.15) is 0 Å². The van der Waals surface area contributed by atoms with Crippen molar-refractivity contribution < 1.29 is 8.42 Å². The van der Waals surface area contributed by atoms with Gasteiger partial charge in [-0.3, -0.25) is 4.90 Å². The van der Waals surface area contributed by atoms with Crippen molar-refractivity contribution in [3.8, 4) is 0 Å². The molecule has 1 saturated heterocycles. The fourth-order valence-corrected chi connectivity index (χ4v) is 4.41. The van der Waals surface area contributed by atoms with Gasteiger partial charge in [0.25, 0.3) is 0 Å². The van der Waals surface area contributed by atoms with Gasteiger partial charge in [0.05, 0.1) is 5.75 Å². The van der Waals surface area contributed by atoms with Crippen LogP contribution >= 0.6 is 0 Å². The molecule has 0 amide bonds. The normalized spacial score (nSPS) is 25.2. The van der Waals surface area contributed by atoms with Gasteiger partial charge in [-0.15, -0.1) is 0 Å². The lowest BCUT2D eigenvalue weighted by molar-refractivity contribution is 0.252. The fourth-order valence-electron chi connectivity index (χ4n) is 2.79. The summed E-state index contributed by atoms with van der Waals surface area (Å²) in [5.74, 6) is 1.58. The molecule has 0 aromatic heterocycles. The first kappa shape index (κ1) is 14.8. The lowest BCUT2D eigenvalue weighted by atomic mass is 10.4. The molecule has 20 heavy (non-hydrogen) atoms. The number of nitrogens with one attached hydrogen (secondary N) is 1. The quantitative estimate of drug-likeness (QED) is 0.703. The predicted molar refractivity (Wildman–Crippen MR) is 80.1 cm³/mol. The zero-order chi connectivity index (χ0) is 14.0. The Bertz CT molecular complexity index is 398.